The molecular formula is C21H33N5O6. The molecule has 11 heteroatoms. The summed E-state index contributed by atoms with van der Waals surface area (Å²) in [6.07, 6.45) is 0.306. The van der Waals surface area contributed by atoms with Gasteiger partial charge in [-0.3, -0.25) is 29.1 Å². The smallest absolute Gasteiger partial charge is 0.321 e. The Balaban J connectivity index is 2.13. The van der Waals surface area contributed by atoms with Crippen LogP contribution in [0.25, 0.3) is 0 Å². The normalized spacial score (nSPS) is 18.9. The average Bonchev–Trinajstić information content (AvgIpc) is 2.71. The largest absolute Gasteiger partial charge is 0.480 e. The molecule has 1 fully saturated rings. The molecule has 0 bridgehead atoms. The van der Waals surface area contributed by atoms with Gasteiger partial charge in [-0.1, -0.05) is 12.1 Å². The van der Waals surface area contributed by atoms with Crippen molar-refractivity contribution in [2.75, 3.05) is 71.2 Å². The summed E-state index contributed by atoms with van der Waals surface area (Å²) in [5, 5.41) is 31.5. The molecule has 0 saturated carbocycles. The molecule has 1 aliphatic heterocycles. The fourth-order valence-electron chi connectivity index (χ4n) is 3.73. The Labute approximate surface area is 187 Å². The van der Waals surface area contributed by atoms with Gasteiger partial charge in [0.05, 0.1) is 13.1 Å². The van der Waals surface area contributed by atoms with E-state index >= 15 is 0 Å². The van der Waals surface area contributed by atoms with Gasteiger partial charge >= 0.3 is 17.9 Å². The number of hydrogen-bond donors (Lipinski definition) is 5. The van der Waals surface area contributed by atoms with Gasteiger partial charge in [0.2, 0.25) is 0 Å². The fraction of sp³-hybridized carbons (Fsp3) is 0.571. The highest BCUT2D eigenvalue weighted by Gasteiger charge is 2.27. The quantitative estimate of drug-likeness (QED) is 0.307. The highest BCUT2D eigenvalue weighted by Crippen LogP contribution is 2.12. The third-order valence-electron chi connectivity index (χ3n) is 5.47. The number of carbonyl (C=O) groups is 3. The minimum absolute atomic E-state index is 0.114. The van der Waals surface area contributed by atoms with E-state index in [0.29, 0.717) is 64.5 Å². The lowest BCUT2D eigenvalue weighted by atomic mass is 10.0. The minimum atomic E-state index is -0.980. The SMILES string of the molecule is Nc1ccc(CC(C(=O)O)N2CCNCCN(CC(=O)O)CCN(CC(=O)O)CC2)cc1. The number of nitrogen functional groups attached to an aromatic ring is 1. The van der Waals surface area contributed by atoms with Crippen LogP contribution in [0.3, 0.4) is 0 Å². The minimum Gasteiger partial charge on any atom is -0.480 e. The summed E-state index contributed by atoms with van der Waals surface area (Å²) in [7, 11) is 0. The van der Waals surface area contributed by atoms with Gasteiger partial charge in [-0.25, -0.2) is 0 Å². The third kappa shape index (κ3) is 9.18. The summed E-state index contributed by atoms with van der Waals surface area (Å²) in [4.78, 5) is 39.9. The van der Waals surface area contributed by atoms with Gasteiger partial charge in [0, 0.05) is 58.0 Å². The van der Waals surface area contributed by atoms with E-state index in [-0.39, 0.29) is 13.1 Å². The van der Waals surface area contributed by atoms with Crippen molar-refractivity contribution in [3.63, 3.8) is 0 Å². The molecule has 1 atom stereocenters. The van der Waals surface area contributed by atoms with Crippen LogP contribution in [0.2, 0.25) is 0 Å². The number of hydrogen-bond acceptors (Lipinski definition) is 8. The Morgan fingerprint density at radius 2 is 1.38 bits per heavy atom. The number of nitrogens with zero attached hydrogens (tertiary/aromatic N) is 3. The second kappa shape index (κ2) is 13.0. The van der Waals surface area contributed by atoms with E-state index in [0.717, 1.165) is 5.56 Å². The monoisotopic (exact) mass is 451 g/mol. The molecule has 32 heavy (non-hydrogen) atoms. The Kier molecular flexibility index (Phi) is 10.3. The number of rotatable bonds is 8. The topological polar surface area (TPSA) is 160 Å². The first-order chi connectivity index (χ1) is 15.2. The maximum absolute atomic E-state index is 12.1. The van der Waals surface area contributed by atoms with Crippen LogP contribution >= 0.6 is 0 Å². The van der Waals surface area contributed by atoms with E-state index in [4.69, 9.17) is 10.8 Å². The Bertz CT molecular complexity index is 760. The van der Waals surface area contributed by atoms with Gasteiger partial charge in [-0.05, 0) is 24.1 Å². The number of nitrogens with one attached hydrogen (secondary N) is 1. The van der Waals surface area contributed by atoms with Crippen molar-refractivity contribution >= 4 is 23.6 Å². The number of nitrogens with two attached hydrogens (primary N) is 1. The fourth-order valence-corrected chi connectivity index (χ4v) is 3.73. The van der Waals surface area contributed by atoms with Gasteiger partial charge < -0.3 is 26.4 Å². The molecule has 1 saturated heterocycles. The zero-order chi connectivity index (χ0) is 23.5. The van der Waals surface area contributed by atoms with Crippen molar-refractivity contribution in [1.29, 1.82) is 0 Å². The van der Waals surface area contributed by atoms with Crippen molar-refractivity contribution in [2.24, 2.45) is 0 Å². The van der Waals surface area contributed by atoms with Crippen LogP contribution in [0, 0.1) is 0 Å². The summed E-state index contributed by atoms with van der Waals surface area (Å²) in [6, 6.07) is 6.34. The number of anilines is 1. The number of carboxylic acids is 3. The maximum Gasteiger partial charge on any atom is 0.321 e. The zero-order valence-corrected chi connectivity index (χ0v) is 18.2. The molecule has 1 aliphatic rings. The average molecular weight is 452 g/mol. The molecule has 1 heterocycles. The van der Waals surface area contributed by atoms with Crippen LogP contribution in [0.4, 0.5) is 5.69 Å². The second-order valence-corrected chi connectivity index (χ2v) is 7.93. The predicted molar refractivity (Wildman–Crippen MR) is 119 cm³/mol. The molecular weight excluding hydrogens is 418 g/mol. The van der Waals surface area contributed by atoms with E-state index in [1.54, 1.807) is 21.9 Å². The predicted octanol–water partition coefficient (Wildman–Crippen LogP) is -1.06. The number of carboxylic acid groups (broad SMARTS) is 3. The maximum atomic E-state index is 12.1. The Morgan fingerprint density at radius 1 is 0.844 bits per heavy atom. The van der Waals surface area contributed by atoms with Crippen molar-refractivity contribution in [3.8, 4) is 0 Å². The summed E-state index contributed by atoms with van der Waals surface area (Å²) in [6.45, 7) is 3.27. The summed E-state index contributed by atoms with van der Waals surface area (Å²) in [5.41, 5.74) is 7.19. The van der Waals surface area contributed by atoms with E-state index in [1.165, 1.54) is 0 Å². The summed E-state index contributed by atoms with van der Waals surface area (Å²) >= 11 is 0. The van der Waals surface area contributed by atoms with Crippen LogP contribution < -0.4 is 11.1 Å². The van der Waals surface area contributed by atoms with Gasteiger partial charge in [-0.15, -0.1) is 0 Å². The van der Waals surface area contributed by atoms with Gasteiger partial charge in [0.25, 0.3) is 0 Å². The van der Waals surface area contributed by atoms with Crippen LogP contribution in [0.5, 0.6) is 0 Å². The molecule has 0 radical (unpaired) electrons. The standard InChI is InChI=1S/C21H33N5O6/c22-17-3-1-16(2-4-17)13-18(21(31)32)26-8-6-23-5-7-24(14-19(27)28)9-10-25(11-12-26)15-20(29)30/h1-4,18,23H,5-15,22H2,(H,27,28)(H,29,30)(H,31,32). The van der Waals surface area contributed by atoms with Crippen LogP contribution in [0.1, 0.15) is 5.56 Å². The first kappa shape index (κ1) is 25.5. The van der Waals surface area contributed by atoms with Crippen molar-refractivity contribution in [2.45, 2.75) is 12.5 Å². The van der Waals surface area contributed by atoms with Gasteiger partial charge in [0.1, 0.15) is 6.04 Å². The van der Waals surface area contributed by atoms with Crippen LogP contribution in [0.15, 0.2) is 24.3 Å². The van der Waals surface area contributed by atoms with E-state index < -0.39 is 23.9 Å². The summed E-state index contributed by atoms with van der Waals surface area (Å²) < 4.78 is 0. The van der Waals surface area contributed by atoms with E-state index in [9.17, 15) is 24.6 Å². The van der Waals surface area contributed by atoms with E-state index in [2.05, 4.69) is 5.32 Å². The molecule has 6 N–H and O–H groups in total. The van der Waals surface area contributed by atoms with Gasteiger partial charge in [-0.2, -0.15) is 0 Å². The molecule has 0 amide bonds. The molecule has 1 aromatic rings. The zero-order valence-electron chi connectivity index (χ0n) is 18.2. The van der Waals surface area contributed by atoms with Crippen LogP contribution in [-0.2, 0) is 20.8 Å². The highest BCUT2D eigenvalue weighted by atomic mass is 16.4. The molecule has 0 spiro atoms. The molecule has 11 nitrogen and oxygen atoms in total. The number of benzene rings is 1. The second-order valence-electron chi connectivity index (χ2n) is 7.93. The van der Waals surface area contributed by atoms with Crippen molar-refractivity contribution < 1.29 is 29.7 Å². The van der Waals surface area contributed by atoms with E-state index in [1.807, 2.05) is 17.0 Å². The molecule has 0 aliphatic carbocycles. The first-order valence-electron chi connectivity index (χ1n) is 10.6. The number of aliphatic carboxylic acids is 3. The Hall–Kier alpha value is -2.73. The van der Waals surface area contributed by atoms with Crippen molar-refractivity contribution in [1.82, 2.24) is 20.0 Å². The highest BCUT2D eigenvalue weighted by molar-refractivity contribution is 5.74. The molecule has 1 aromatic carbocycles. The molecule has 1 unspecified atom stereocenters. The third-order valence-corrected chi connectivity index (χ3v) is 5.47. The van der Waals surface area contributed by atoms with Gasteiger partial charge in [0.15, 0.2) is 0 Å². The van der Waals surface area contributed by atoms with Crippen molar-refractivity contribution in [3.05, 3.63) is 29.8 Å². The molecule has 2 rings (SSSR count). The summed E-state index contributed by atoms with van der Waals surface area (Å²) in [5.74, 6) is -2.85. The molecule has 178 valence electrons. The first-order valence-corrected chi connectivity index (χ1v) is 10.6. The molecule has 0 aromatic heterocycles. The Morgan fingerprint density at radius 3 is 1.94 bits per heavy atom. The lowest BCUT2D eigenvalue weighted by Crippen LogP contribution is -2.51. The van der Waals surface area contributed by atoms with Crippen LogP contribution in [-0.4, -0.2) is 119 Å². The lowest BCUT2D eigenvalue weighted by molar-refractivity contribution is -0.144. The lowest BCUT2D eigenvalue weighted by Gasteiger charge is -2.33.